The average molecular weight is 523 g/mol. The second-order valence-electron chi connectivity index (χ2n) is 8.75. The number of hydrogen-bond acceptors (Lipinski definition) is 3. The molecule has 1 N–H and O–H groups in total. The van der Waals surface area contributed by atoms with E-state index in [0.717, 1.165) is 29.7 Å². The first kappa shape index (κ1) is 27.8. The van der Waals surface area contributed by atoms with Crippen LogP contribution in [0.1, 0.15) is 42.9 Å². The van der Waals surface area contributed by atoms with Crippen LogP contribution in [0.25, 0.3) is 0 Å². The van der Waals surface area contributed by atoms with Crippen LogP contribution < -0.4 is 5.32 Å². The van der Waals surface area contributed by atoms with E-state index in [0.29, 0.717) is 36.7 Å². The smallest absolute Gasteiger partial charge is 0.243 e. The first-order valence-corrected chi connectivity index (χ1v) is 14.1. The number of nitrogens with zero attached hydrogens (tertiary/aromatic N) is 1. The van der Waals surface area contributed by atoms with E-state index in [1.165, 1.54) is 5.56 Å². The van der Waals surface area contributed by atoms with Crippen molar-refractivity contribution in [3.63, 3.8) is 0 Å². The Bertz CT molecular complexity index is 1080. The minimum absolute atomic E-state index is 0.0398. The summed E-state index contributed by atoms with van der Waals surface area (Å²) in [7, 11) is 0. The summed E-state index contributed by atoms with van der Waals surface area (Å²) >= 11 is 8.20. The Morgan fingerprint density at radius 1 is 0.917 bits per heavy atom. The lowest BCUT2D eigenvalue weighted by molar-refractivity contribution is -0.141. The van der Waals surface area contributed by atoms with Gasteiger partial charge in [0.1, 0.15) is 6.04 Å². The third-order valence-electron chi connectivity index (χ3n) is 5.97. The number of hydrogen-bond donors (Lipinski definition) is 1. The standard InChI is InChI=1S/C30H35ClN2O2S/c1-2-3-19-32-30(35)28(21-24-12-6-4-7-13-24)33(22-26-16-10-11-17-27(26)31)29(34)18-20-36-23-25-14-8-5-9-15-25/h4-17,28H,2-3,18-23H2,1H3,(H,32,35). The molecule has 1 unspecified atom stereocenters. The molecule has 190 valence electrons. The highest BCUT2D eigenvalue weighted by molar-refractivity contribution is 7.98. The van der Waals surface area contributed by atoms with Gasteiger partial charge in [0.25, 0.3) is 0 Å². The zero-order valence-electron chi connectivity index (χ0n) is 20.9. The molecule has 3 aromatic carbocycles. The molecule has 0 saturated heterocycles. The Hall–Kier alpha value is -2.76. The number of unbranched alkanes of at least 4 members (excludes halogenated alkanes) is 1. The first-order chi connectivity index (χ1) is 17.6. The summed E-state index contributed by atoms with van der Waals surface area (Å²) in [6.45, 7) is 2.98. The fourth-order valence-electron chi connectivity index (χ4n) is 3.94. The molecule has 3 rings (SSSR count). The van der Waals surface area contributed by atoms with Crippen molar-refractivity contribution in [2.24, 2.45) is 0 Å². The van der Waals surface area contributed by atoms with Crippen LogP contribution in [0.15, 0.2) is 84.9 Å². The summed E-state index contributed by atoms with van der Waals surface area (Å²) in [4.78, 5) is 28.8. The predicted octanol–water partition coefficient (Wildman–Crippen LogP) is 6.52. The third-order valence-corrected chi connectivity index (χ3v) is 7.37. The van der Waals surface area contributed by atoms with Crippen LogP contribution in [-0.2, 0) is 28.3 Å². The maximum absolute atomic E-state index is 13.6. The van der Waals surface area contributed by atoms with Gasteiger partial charge in [-0.2, -0.15) is 11.8 Å². The number of halogens is 1. The van der Waals surface area contributed by atoms with Crippen LogP contribution in [0.4, 0.5) is 0 Å². The van der Waals surface area contributed by atoms with Gasteiger partial charge in [0.05, 0.1) is 0 Å². The number of nitrogens with one attached hydrogen (secondary N) is 1. The van der Waals surface area contributed by atoms with Crippen molar-refractivity contribution >= 4 is 35.2 Å². The molecule has 0 aliphatic carbocycles. The van der Waals surface area contributed by atoms with Crippen molar-refractivity contribution in [1.82, 2.24) is 10.2 Å². The highest BCUT2D eigenvalue weighted by Crippen LogP contribution is 2.22. The van der Waals surface area contributed by atoms with Crippen molar-refractivity contribution < 1.29 is 9.59 Å². The van der Waals surface area contributed by atoms with Crippen LogP contribution in [0.5, 0.6) is 0 Å². The van der Waals surface area contributed by atoms with Crippen LogP contribution in [0.3, 0.4) is 0 Å². The zero-order chi connectivity index (χ0) is 25.6. The summed E-state index contributed by atoms with van der Waals surface area (Å²) in [6, 6.07) is 27.0. The number of rotatable bonds is 14. The van der Waals surface area contributed by atoms with E-state index in [-0.39, 0.29) is 11.8 Å². The van der Waals surface area contributed by atoms with Crippen LogP contribution >= 0.6 is 23.4 Å². The first-order valence-electron chi connectivity index (χ1n) is 12.5. The van der Waals surface area contributed by atoms with Gasteiger partial charge in [0.15, 0.2) is 0 Å². The Balaban J connectivity index is 1.79. The van der Waals surface area contributed by atoms with E-state index in [9.17, 15) is 9.59 Å². The van der Waals surface area contributed by atoms with Gasteiger partial charge in [0, 0.05) is 42.5 Å². The minimum Gasteiger partial charge on any atom is -0.354 e. The highest BCUT2D eigenvalue weighted by Gasteiger charge is 2.30. The summed E-state index contributed by atoms with van der Waals surface area (Å²) in [6.07, 6.45) is 2.70. The molecule has 4 nitrogen and oxygen atoms in total. The summed E-state index contributed by atoms with van der Waals surface area (Å²) in [5.74, 6) is 1.37. The maximum atomic E-state index is 13.6. The van der Waals surface area contributed by atoms with Gasteiger partial charge < -0.3 is 10.2 Å². The molecule has 0 radical (unpaired) electrons. The molecular formula is C30H35ClN2O2S. The van der Waals surface area contributed by atoms with Crippen molar-refractivity contribution in [3.05, 3.63) is 107 Å². The van der Waals surface area contributed by atoms with E-state index in [4.69, 9.17) is 11.6 Å². The molecule has 6 heteroatoms. The molecule has 0 aliphatic rings. The molecule has 36 heavy (non-hydrogen) atoms. The average Bonchev–Trinajstić information content (AvgIpc) is 2.91. The van der Waals surface area contributed by atoms with Gasteiger partial charge in [-0.1, -0.05) is 104 Å². The van der Waals surface area contributed by atoms with Gasteiger partial charge in [-0.25, -0.2) is 0 Å². The Kier molecular flexibility index (Phi) is 11.9. The Labute approximate surface area is 224 Å². The topological polar surface area (TPSA) is 49.4 Å². The minimum atomic E-state index is -0.618. The summed E-state index contributed by atoms with van der Waals surface area (Å²) in [5.41, 5.74) is 3.09. The second-order valence-corrected chi connectivity index (χ2v) is 10.3. The van der Waals surface area contributed by atoms with Gasteiger partial charge >= 0.3 is 0 Å². The molecule has 3 aromatic rings. The second kappa shape index (κ2) is 15.4. The molecule has 0 aliphatic heterocycles. The van der Waals surface area contributed by atoms with Crippen molar-refractivity contribution in [2.45, 2.75) is 50.9 Å². The zero-order valence-corrected chi connectivity index (χ0v) is 22.4. The van der Waals surface area contributed by atoms with Crippen LogP contribution in [0.2, 0.25) is 5.02 Å². The summed E-state index contributed by atoms with van der Waals surface area (Å²) in [5, 5.41) is 3.65. The van der Waals surface area contributed by atoms with Crippen LogP contribution in [0, 0.1) is 0 Å². The molecular weight excluding hydrogens is 488 g/mol. The largest absolute Gasteiger partial charge is 0.354 e. The number of carbonyl (C=O) groups excluding carboxylic acids is 2. The van der Waals surface area contributed by atoms with E-state index in [2.05, 4.69) is 24.4 Å². The van der Waals surface area contributed by atoms with E-state index >= 15 is 0 Å². The molecule has 1 atom stereocenters. The fraction of sp³-hybridized carbons (Fsp3) is 0.333. The third kappa shape index (κ3) is 9.03. The van der Waals surface area contributed by atoms with Crippen molar-refractivity contribution in [1.29, 1.82) is 0 Å². The van der Waals surface area contributed by atoms with E-state index in [1.54, 1.807) is 16.7 Å². The lowest BCUT2D eigenvalue weighted by Gasteiger charge is -2.32. The molecule has 0 fully saturated rings. The molecule has 0 heterocycles. The Morgan fingerprint density at radius 2 is 1.56 bits per heavy atom. The fourth-order valence-corrected chi connectivity index (χ4v) is 5.02. The van der Waals surface area contributed by atoms with Crippen molar-refractivity contribution in [3.8, 4) is 0 Å². The van der Waals surface area contributed by atoms with Gasteiger partial charge in [-0.05, 0) is 29.2 Å². The van der Waals surface area contributed by atoms with E-state index < -0.39 is 6.04 Å². The Morgan fingerprint density at radius 3 is 2.22 bits per heavy atom. The van der Waals surface area contributed by atoms with Gasteiger partial charge in [-0.15, -0.1) is 0 Å². The number of amides is 2. The lowest BCUT2D eigenvalue weighted by atomic mass is 10.0. The molecule has 0 aromatic heterocycles. The normalized spacial score (nSPS) is 11.6. The molecule has 2 amide bonds. The molecule has 0 saturated carbocycles. The van der Waals surface area contributed by atoms with Gasteiger partial charge in [-0.3, -0.25) is 9.59 Å². The number of carbonyl (C=O) groups is 2. The lowest BCUT2D eigenvalue weighted by Crippen LogP contribution is -2.50. The van der Waals surface area contributed by atoms with E-state index in [1.807, 2.05) is 72.8 Å². The van der Waals surface area contributed by atoms with Crippen molar-refractivity contribution in [2.75, 3.05) is 12.3 Å². The highest BCUT2D eigenvalue weighted by atomic mass is 35.5. The maximum Gasteiger partial charge on any atom is 0.243 e. The number of thioether (sulfide) groups is 1. The predicted molar refractivity (Wildman–Crippen MR) is 151 cm³/mol. The molecule has 0 bridgehead atoms. The number of benzene rings is 3. The SMILES string of the molecule is CCCCNC(=O)C(Cc1ccccc1)N(Cc1ccccc1Cl)C(=O)CCSCc1ccccc1. The summed E-state index contributed by atoms with van der Waals surface area (Å²) < 4.78 is 0. The quantitative estimate of drug-likeness (QED) is 0.245. The monoisotopic (exact) mass is 522 g/mol. The molecule has 0 spiro atoms. The van der Waals surface area contributed by atoms with Crippen LogP contribution in [-0.4, -0.2) is 35.1 Å². The van der Waals surface area contributed by atoms with Gasteiger partial charge in [0.2, 0.25) is 11.8 Å².